The van der Waals surface area contributed by atoms with E-state index in [1.54, 1.807) is 7.05 Å². The Morgan fingerprint density at radius 2 is 2.40 bits per heavy atom. The summed E-state index contributed by atoms with van der Waals surface area (Å²) < 4.78 is 5.80. The number of nitrogens with zero attached hydrogens (tertiary/aromatic N) is 2. The van der Waals surface area contributed by atoms with Gasteiger partial charge in [0, 0.05) is 7.05 Å². The average molecular weight is 276 g/mol. The number of carbonyl (C=O) groups is 1. The Morgan fingerprint density at radius 1 is 1.73 bits per heavy atom. The van der Waals surface area contributed by atoms with Crippen LogP contribution in [0, 0.1) is 0 Å². The summed E-state index contributed by atoms with van der Waals surface area (Å²) in [6.07, 6.45) is 1.45. The first-order chi connectivity index (χ1) is 7.10. The molecule has 0 atom stereocenters. The number of carbonyl (C=O) groups excluding carboxylic acids is 1. The highest BCUT2D eigenvalue weighted by molar-refractivity contribution is 9.10. The molecule has 82 valence electrons. The minimum Gasteiger partial charge on any atom is -0.468 e. The van der Waals surface area contributed by atoms with Crippen LogP contribution in [0.1, 0.15) is 0 Å². The third-order valence-electron chi connectivity index (χ3n) is 1.76. The Morgan fingerprint density at radius 3 is 2.93 bits per heavy atom. The standard InChI is InChI=1S/C8H10BrN3O3/c1-10-5-3-11-12(4-6(13)15-2)8(14)7(5)9/h3,10H,4H2,1-2H3. The molecule has 7 heteroatoms. The number of halogens is 1. The van der Waals surface area contributed by atoms with Crippen LogP contribution < -0.4 is 10.9 Å². The number of anilines is 1. The number of nitrogens with one attached hydrogen (secondary N) is 1. The number of hydrogen-bond acceptors (Lipinski definition) is 5. The molecule has 0 bridgehead atoms. The minimum atomic E-state index is -0.520. The topological polar surface area (TPSA) is 73.2 Å². The highest BCUT2D eigenvalue weighted by Gasteiger charge is 2.10. The molecule has 1 N–H and O–H groups in total. The van der Waals surface area contributed by atoms with Gasteiger partial charge >= 0.3 is 5.97 Å². The van der Waals surface area contributed by atoms with Crippen LogP contribution in [0.25, 0.3) is 0 Å². The second-order valence-corrected chi connectivity index (χ2v) is 3.45. The molecule has 0 aliphatic rings. The van der Waals surface area contributed by atoms with Crippen LogP contribution in [0.3, 0.4) is 0 Å². The molecular formula is C8H10BrN3O3. The summed E-state index contributed by atoms with van der Waals surface area (Å²) >= 11 is 3.12. The maximum atomic E-state index is 11.6. The van der Waals surface area contributed by atoms with Crippen molar-refractivity contribution in [3.8, 4) is 0 Å². The van der Waals surface area contributed by atoms with E-state index in [1.165, 1.54) is 13.3 Å². The lowest BCUT2D eigenvalue weighted by molar-refractivity contribution is -0.141. The molecule has 0 amide bonds. The maximum absolute atomic E-state index is 11.6. The Hall–Kier alpha value is -1.37. The Balaban J connectivity index is 3.07. The number of rotatable bonds is 3. The van der Waals surface area contributed by atoms with E-state index < -0.39 is 5.97 Å². The third kappa shape index (κ3) is 2.56. The molecule has 0 radical (unpaired) electrons. The molecular weight excluding hydrogens is 266 g/mol. The summed E-state index contributed by atoms with van der Waals surface area (Å²) in [6, 6.07) is 0. The normalized spacial score (nSPS) is 9.80. The van der Waals surface area contributed by atoms with Gasteiger partial charge in [-0.2, -0.15) is 5.10 Å². The first-order valence-corrected chi connectivity index (χ1v) is 4.89. The second-order valence-electron chi connectivity index (χ2n) is 2.66. The number of esters is 1. The highest BCUT2D eigenvalue weighted by Crippen LogP contribution is 2.14. The van der Waals surface area contributed by atoms with Gasteiger partial charge in [-0.1, -0.05) is 0 Å². The first-order valence-electron chi connectivity index (χ1n) is 4.10. The lowest BCUT2D eigenvalue weighted by atomic mass is 10.4. The lowest BCUT2D eigenvalue weighted by Crippen LogP contribution is -2.28. The Kier molecular flexibility index (Phi) is 3.84. The molecule has 0 unspecified atom stereocenters. The third-order valence-corrected chi connectivity index (χ3v) is 2.53. The van der Waals surface area contributed by atoms with Crippen molar-refractivity contribution in [3.63, 3.8) is 0 Å². The Labute approximate surface area is 94.4 Å². The van der Waals surface area contributed by atoms with Crippen molar-refractivity contribution in [2.75, 3.05) is 19.5 Å². The van der Waals surface area contributed by atoms with Crippen molar-refractivity contribution in [2.24, 2.45) is 0 Å². The molecule has 0 aliphatic heterocycles. The van der Waals surface area contributed by atoms with Crippen molar-refractivity contribution in [3.05, 3.63) is 21.0 Å². The van der Waals surface area contributed by atoms with Crippen LogP contribution in [0.4, 0.5) is 5.69 Å². The van der Waals surface area contributed by atoms with Crippen molar-refractivity contribution < 1.29 is 9.53 Å². The number of aromatic nitrogens is 2. The van der Waals surface area contributed by atoms with Crippen molar-refractivity contribution in [2.45, 2.75) is 6.54 Å². The fraction of sp³-hybridized carbons (Fsp3) is 0.375. The minimum absolute atomic E-state index is 0.197. The van der Waals surface area contributed by atoms with Crippen LogP contribution in [-0.2, 0) is 16.1 Å². The summed E-state index contributed by atoms with van der Waals surface area (Å²) in [5, 5.41) is 6.60. The van der Waals surface area contributed by atoms with E-state index in [1.807, 2.05) is 0 Å². The summed E-state index contributed by atoms with van der Waals surface area (Å²) in [4.78, 5) is 22.6. The molecule has 6 nitrogen and oxygen atoms in total. The summed E-state index contributed by atoms with van der Waals surface area (Å²) in [7, 11) is 2.93. The number of methoxy groups -OCH3 is 1. The molecule has 0 saturated carbocycles. The molecule has 1 rings (SSSR count). The molecule has 0 saturated heterocycles. The van der Waals surface area contributed by atoms with Gasteiger partial charge in [-0.3, -0.25) is 9.59 Å². The Bertz CT molecular complexity index is 430. The van der Waals surface area contributed by atoms with E-state index in [-0.39, 0.29) is 12.1 Å². The van der Waals surface area contributed by atoms with E-state index in [0.29, 0.717) is 10.2 Å². The van der Waals surface area contributed by atoms with Gasteiger partial charge in [0.25, 0.3) is 5.56 Å². The summed E-state index contributed by atoms with van der Waals surface area (Å²) in [5.74, 6) is -0.520. The van der Waals surface area contributed by atoms with Crippen molar-refractivity contribution in [1.29, 1.82) is 0 Å². The van der Waals surface area contributed by atoms with Gasteiger partial charge < -0.3 is 10.1 Å². The van der Waals surface area contributed by atoms with E-state index in [0.717, 1.165) is 4.68 Å². The molecule has 15 heavy (non-hydrogen) atoms. The lowest BCUT2D eigenvalue weighted by Gasteiger charge is -2.06. The largest absolute Gasteiger partial charge is 0.468 e. The quantitative estimate of drug-likeness (QED) is 0.799. The molecule has 0 aliphatic carbocycles. The molecule has 1 heterocycles. The van der Waals surface area contributed by atoms with Crippen LogP contribution >= 0.6 is 15.9 Å². The van der Waals surface area contributed by atoms with Gasteiger partial charge in [-0.05, 0) is 15.9 Å². The predicted octanol–water partition coefficient (Wildman–Crippen LogP) is 0.220. The number of ether oxygens (including phenoxy) is 1. The average Bonchev–Trinajstić information content (AvgIpc) is 2.25. The maximum Gasteiger partial charge on any atom is 0.327 e. The fourth-order valence-corrected chi connectivity index (χ4v) is 1.44. The van der Waals surface area contributed by atoms with E-state index in [4.69, 9.17) is 0 Å². The van der Waals surface area contributed by atoms with E-state index >= 15 is 0 Å². The van der Waals surface area contributed by atoms with Gasteiger partial charge in [0.2, 0.25) is 0 Å². The summed E-state index contributed by atoms with van der Waals surface area (Å²) in [6.45, 7) is -0.197. The molecule has 1 aromatic heterocycles. The molecule has 0 spiro atoms. The van der Waals surface area contributed by atoms with Gasteiger partial charge in [-0.15, -0.1) is 0 Å². The van der Waals surface area contributed by atoms with E-state index in [2.05, 4.69) is 31.1 Å². The highest BCUT2D eigenvalue weighted by atomic mass is 79.9. The smallest absolute Gasteiger partial charge is 0.327 e. The van der Waals surface area contributed by atoms with Crippen molar-refractivity contribution in [1.82, 2.24) is 9.78 Å². The number of hydrogen-bond donors (Lipinski definition) is 1. The van der Waals surface area contributed by atoms with E-state index in [9.17, 15) is 9.59 Å². The van der Waals surface area contributed by atoms with Crippen LogP contribution in [0.15, 0.2) is 15.5 Å². The van der Waals surface area contributed by atoms with Gasteiger partial charge in [-0.25, -0.2) is 4.68 Å². The zero-order valence-electron chi connectivity index (χ0n) is 8.28. The molecule has 0 fully saturated rings. The zero-order valence-corrected chi connectivity index (χ0v) is 9.87. The molecule has 1 aromatic rings. The first kappa shape index (κ1) is 11.7. The zero-order chi connectivity index (χ0) is 11.4. The van der Waals surface area contributed by atoms with Crippen LogP contribution in [-0.4, -0.2) is 29.9 Å². The second kappa shape index (κ2) is 4.92. The van der Waals surface area contributed by atoms with Gasteiger partial charge in [0.1, 0.15) is 11.0 Å². The SMILES string of the molecule is CNc1cnn(CC(=O)OC)c(=O)c1Br. The van der Waals surface area contributed by atoms with Gasteiger partial charge in [0.05, 0.1) is 19.0 Å². The fourth-order valence-electron chi connectivity index (χ4n) is 0.939. The molecule has 0 aromatic carbocycles. The monoisotopic (exact) mass is 275 g/mol. The summed E-state index contributed by atoms with van der Waals surface area (Å²) in [5.41, 5.74) is 0.188. The van der Waals surface area contributed by atoms with Crippen LogP contribution in [0.5, 0.6) is 0 Å². The van der Waals surface area contributed by atoms with Gasteiger partial charge in [0.15, 0.2) is 0 Å². The van der Waals surface area contributed by atoms with Crippen LogP contribution in [0.2, 0.25) is 0 Å². The van der Waals surface area contributed by atoms with Crippen molar-refractivity contribution >= 4 is 27.6 Å². The predicted molar refractivity (Wildman–Crippen MR) is 57.8 cm³/mol.